The third-order valence-electron chi connectivity index (χ3n) is 3.48. The molecular formula is C14H13BrClN3. The first kappa shape index (κ1) is 12.9. The van der Waals surface area contributed by atoms with E-state index in [1.807, 2.05) is 0 Å². The normalized spacial score (nSPS) is 18.3. The quantitative estimate of drug-likeness (QED) is 0.723. The summed E-state index contributed by atoms with van der Waals surface area (Å²) >= 11 is 9.58. The number of halogens is 2. The lowest BCUT2D eigenvalue weighted by Gasteiger charge is -2.36. The molecule has 1 aliphatic rings. The number of aryl methyl sites for hydroxylation is 1. The number of benzene rings is 1. The van der Waals surface area contributed by atoms with Crippen LogP contribution in [0.4, 0.5) is 11.5 Å². The van der Waals surface area contributed by atoms with Crippen molar-refractivity contribution in [2.24, 2.45) is 0 Å². The summed E-state index contributed by atoms with van der Waals surface area (Å²) in [5.74, 6) is 0.833. The van der Waals surface area contributed by atoms with E-state index in [9.17, 15) is 0 Å². The lowest BCUT2D eigenvalue weighted by Crippen LogP contribution is -2.34. The Morgan fingerprint density at radius 3 is 2.95 bits per heavy atom. The van der Waals surface area contributed by atoms with Crippen LogP contribution in [0.5, 0.6) is 0 Å². The number of aromatic nitrogens is 2. The van der Waals surface area contributed by atoms with Crippen molar-refractivity contribution < 1.29 is 0 Å². The lowest BCUT2D eigenvalue weighted by atomic mass is 9.97. The molecule has 1 aliphatic heterocycles. The first-order chi connectivity index (χ1) is 9.18. The second-order valence-corrected chi connectivity index (χ2v) is 5.84. The van der Waals surface area contributed by atoms with Crippen LogP contribution in [0.3, 0.4) is 0 Å². The summed E-state index contributed by atoms with van der Waals surface area (Å²) < 4.78 is 0.750. The van der Waals surface area contributed by atoms with Gasteiger partial charge in [-0.15, -0.1) is 0 Å². The molecule has 0 amide bonds. The highest BCUT2D eigenvalue weighted by atomic mass is 79.9. The van der Waals surface area contributed by atoms with E-state index in [1.54, 1.807) is 0 Å². The Hall–Kier alpha value is -1.13. The van der Waals surface area contributed by atoms with E-state index in [4.69, 9.17) is 11.6 Å². The average Bonchev–Trinajstić information content (AvgIpc) is 2.43. The smallest absolute Gasteiger partial charge is 0.152 e. The van der Waals surface area contributed by atoms with Crippen LogP contribution in [0.25, 0.3) is 0 Å². The van der Waals surface area contributed by atoms with Gasteiger partial charge in [0.2, 0.25) is 0 Å². The van der Waals surface area contributed by atoms with Gasteiger partial charge in [0.1, 0.15) is 11.5 Å². The Morgan fingerprint density at radius 2 is 2.11 bits per heavy atom. The van der Waals surface area contributed by atoms with Crippen molar-refractivity contribution in [2.45, 2.75) is 25.8 Å². The van der Waals surface area contributed by atoms with Crippen LogP contribution in [0.15, 0.2) is 35.1 Å². The third-order valence-corrected chi connectivity index (χ3v) is 4.73. The van der Waals surface area contributed by atoms with Crippen molar-refractivity contribution in [2.75, 3.05) is 4.90 Å². The van der Waals surface area contributed by atoms with E-state index in [0.717, 1.165) is 23.1 Å². The fourth-order valence-electron chi connectivity index (χ4n) is 2.52. The highest BCUT2D eigenvalue weighted by Gasteiger charge is 2.27. The first-order valence-electron chi connectivity index (χ1n) is 6.21. The standard InChI is InChI=1S/C14H13BrClN3/c1-9-6-7-10-4-2-3-5-11(10)19(9)14-12(15)13(16)17-8-18-14/h2-5,8-9H,6-7H2,1H3. The van der Waals surface area contributed by atoms with Gasteiger partial charge in [-0.1, -0.05) is 29.8 Å². The zero-order valence-corrected chi connectivity index (χ0v) is 12.8. The SMILES string of the molecule is CC1CCc2ccccc2N1c1ncnc(Cl)c1Br. The van der Waals surface area contributed by atoms with Gasteiger partial charge in [-0.3, -0.25) is 0 Å². The Labute approximate surface area is 125 Å². The van der Waals surface area contributed by atoms with Crippen molar-refractivity contribution in [3.8, 4) is 0 Å². The molecule has 1 aromatic carbocycles. The average molecular weight is 339 g/mol. The third kappa shape index (κ3) is 2.23. The zero-order chi connectivity index (χ0) is 13.4. The zero-order valence-electron chi connectivity index (χ0n) is 10.5. The Bertz CT molecular complexity index is 617. The van der Waals surface area contributed by atoms with Crippen LogP contribution in [0, 0.1) is 0 Å². The molecule has 0 N–H and O–H groups in total. The highest BCUT2D eigenvalue weighted by molar-refractivity contribution is 9.10. The molecule has 0 saturated heterocycles. The van der Waals surface area contributed by atoms with Crippen LogP contribution in [-0.2, 0) is 6.42 Å². The fourth-order valence-corrected chi connectivity index (χ4v) is 3.04. The molecule has 3 rings (SSSR count). The molecule has 1 aromatic heterocycles. The van der Waals surface area contributed by atoms with Crippen LogP contribution in [0.1, 0.15) is 18.9 Å². The maximum atomic E-state index is 6.08. The van der Waals surface area contributed by atoms with Gasteiger partial charge in [-0.25, -0.2) is 9.97 Å². The molecule has 19 heavy (non-hydrogen) atoms. The summed E-state index contributed by atoms with van der Waals surface area (Å²) in [6, 6.07) is 8.82. The summed E-state index contributed by atoms with van der Waals surface area (Å²) in [7, 11) is 0. The predicted molar refractivity (Wildman–Crippen MR) is 81.1 cm³/mol. The molecule has 0 aliphatic carbocycles. The fraction of sp³-hybridized carbons (Fsp3) is 0.286. The van der Waals surface area contributed by atoms with E-state index in [1.165, 1.54) is 17.6 Å². The molecule has 0 bridgehead atoms. The van der Waals surface area contributed by atoms with Crippen LogP contribution < -0.4 is 4.90 Å². The number of para-hydroxylation sites is 1. The summed E-state index contributed by atoms with van der Waals surface area (Å²) in [5, 5.41) is 0.445. The van der Waals surface area contributed by atoms with Gasteiger partial charge in [0, 0.05) is 11.7 Å². The number of rotatable bonds is 1. The highest BCUT2D eigenvalue weighted by Crippen LogP contribution is 2.40. The molecule has 1 atom stereocenters. The van der Waals surface area contributed by atoms with Crippen LogP contribution in [0.2, 0.25) is 5.15 Å². The Kier molecular flexibility index (Phi) is 3.46. The van der Waals surface area contributed by atoms with E-state index in [2.05, 4.69) is 62.0 Å². The van der Waals surface area contributed by atoms with Crippen molar-refractivity contribution in [1.82, 2.24) is 9.97 Å². The van der Waals surface area contributed by atoms with Gasteiger partial charge in [-0.2, -0.15) is 0 Å². The molecule has 5 heteroatoms. The van der Waals surface area contributed by atoms with Gasteiger partial charge in [0.05, 0.1) is 4.47 Å². The lowest BCUT2D eigenvalue weighted by molar-refractivity contribution is 0.612. The summed E-state index contributed by atoms with van der Waals surface area (Å²) in [6.45, 7) is 2.21. The Balaban J connectivity index is 2.16. The second kappa shape index (κ2) is 5.10. The van der Waals surface area contributed by atoms with Gasteiger partial charge < -0.3 is 4.90 Å². The van der Waals surface area contributed by atoms with E-state index in [0.29, 0.717) is 11.2 Å². The van der Waals surface area contributed by atoms with Gasteiger partial charge in [0.15, 0.2) is 5.82 Å². The number of hydrogen-bond acceptors (Lipinski definition) is 3. The number of hydrogen-bond donors (Lipinski definition) is 0. The molecule has 0 saturated carbocycles. The molecular weight excluding hydrogens is 326 g/mol. The molecule has 1 unspecified atom stereocenters. The minimum atomic E-state index is 0.386. The number of anilines is 2. The van der Waals surface area contributed by atoms with Gasteiger partial charge >= 0.3 is 0 Å². The van der Waals surface area contributed by atoms with Crippen molar-refractivity contribution in [3.63, 3.8) is 0 Å². The molecule has 2 aromatic rings. The van der Waals surface area contributed by atoms with Gasteiger partial charge in [-0.05, 0) is 47.3 Å². The van der Waals surface area contributed by atoms with Crippen LogP contribution in [-0.4, -0.2) is 16.0 Å². The van der Waals surface area contributed by atoms with E-state index in [-0.39, 0.29) is 0 Å². The van der Waals surface area contributed by atoms with Crippen molar-refractivity contribution in [3.05, 3.63) is 45.8 Å². The molecule has 0 spiro atoms. The molecule has 3 nitrogen and oxygen atoms in total. The number of fused-ring (bicyclic) bond motifs is 1. The van der Waals surface area contributed by atoms with Crippen molar-refractivity contribution >= 4 is 39.0 Å². The minimum absolute atomic E-state index is 0.386. The molecule has 98 valence electrons. The first-order valence-corrected chi connectivity index (χ1v) is 7.38. The summed E-state index contributed by atoms with van der Waals surface area (Å²) in [5.41, 5.74) is 2.55. The monoisotopic (exact) mass is 337 g/mol. The van der Waals surface area contributed by atoms with E-state index < -0.39 is 0 Å². The largest absolute Gasteiger partial charge is 0.322 e. The molecule has 2 heterocycles. The summed E-state index contributed by atoms with van der Waals surface area (Å²) in [4.78, 5) is 10.6. The maximum Gasteiger partial charge on any atom is 0.152 e. The minimum Gasteiger partial charge on any atom is -0.322 e. The van der Waals surface area contributed by atoms with Crippen LogP contribution >= 0.6 is 27.5 Å². The van der Waals surface area contributed by atoms with E-state index >= 15 is 0 Å². The maximum absolute atomic E-state index is 6.08. The summed E-state index contributed by atoms with van der Waals surface area (Å²) in [6.07, 6.45) is 3.71. The Morgan fingerprint density at radius 1 is 1.32 bits per heavy atom. The molecule has 0 fully saturated rings. The topological polar surface area (TPSA) is 29.0 Å². The second-order valence-electron chi connectivity index (χ2n) is 4.69. The van der Waals surface area contributed by atoms with Gasteiger partial charge in [0.25, 0.3) is 0 Å². The number of nitrogens with zero attached hydrogens (tertiary/aromatic N) is 3. The van der Waals surface area contributed by atoms with Crippen molar-refractivity contribution in [1.29, 1.82) is 0 Å². The molecule has 0 radical (unpaired) electrons. The predicted octanol–water partition coefficient (Wildman–Crippen LogP) is 4.37.